The molecule has 0 fully saturated rings. The fourth-order valence-electron chi connectivity index (χ4n) is 5.31. The largest absolute Gasteiger partial charge is 0.481 e. The number of nitrogens with one attached hydrogen (secondary N) is 1. The number of nitrogens with zero attached hydrogens (tertiary/aromatic N) is 2. The maximum atomic E-state index is 15.4. The minimum atomic E-state index is -4.80. The van der Waals surface area contributed by atoms with Crippen molar-refractivity contribution in [2.24, 2.45) is 5.92 Å². The number of amides is 1. The molecule has 3 aromatic rings. The van der Waals surface area contributed by atoms with Gasteiger partial charge in [0, 0.05) is 18.3 Å². The monoisotopic (exact) mass is 651 g/mol. The van der Waals surface area contributed by atoms with Gasteiger partial charge in [0.1, 0.15) is 10.7 Å². The van der Waals surface area contributed by atoms with Crippen LogP contribution in [0.4, 0.5) is 22.0 Å². The molecular formula is C33H38F5N3O3S. The van der Waals surface area contributed by atoms with E-state index in [0.717, 1.165) is 29.8 Å². The number of aryl methyl sites for hydroxylation is 2. The van der Waals surface area contributed by atoms with Crippen LogP contribution in [-0.2, 0) is 22.2 Å². The molecule has 3 rings (SSSR count). The normalized spacial score (nSPS) is 13.3. The first-order valence-corrected chi connectivity index (χ1v) is 14.9. The molecule has 6 nitrogen and oxygen atoms in total. The molecule has 244 valence electrons. The fraction of sp³-hybridized carbons (Fsp3) is 0.424. The highest BCUT2D eigenvalue weighted by Crippen LogP contribution is 2.40. The smallest absolute Gasteiger partial charge is 0.417 e. The molecule has 45 heavy (non-hydrogen) atoms. The fourth-order valence-corrected chi connectivity index (χ4v) is 5.66. The van der Waals surface area contributed by atoms with E-state index >= 15 is 8.78 Å². The second-order valence-corrected chi connectivity index (χ2v) is 12.4. The van der Waals surface area contributed by atoms with E-state index in [4.69, 9.17) is 12.2 Å². The maximum absolute atomic E-state index is 15.4. The summed E-state index contributed by atoms with van der Waals surface area (Å²) in [6.07, 6.45) is -2.91. The third kappa shape index (κ3) is 8.97. The molecular weight excluding hydrogens is 613 g/mol. The molecule has 0 aliphatic heterocycles. The minimum Gasteiger partial charge on any atom is -0.481 e. The van der Waals surface area contributed by atoms with E-state index in [2.05, 4.69) is 5.32 Å². The second-order valence-electron chi connectivity index (χ2n) is 11.9. The number of carbonyl (C=O) groups is 2. The van der Waals surface area contributed by atoms with Crippen LogP contribution in [0.3, 0.4) is 0 Å². The quantitative estimate of drug-likeness (QED) is 0.154. The Hall–Kier alpha value is -3.64. The number of likely N-dealkylation sites (N-methyl/N-ethyl adjacent to an activating group) is 1. The first-order valence-electron chi connectivity index (χ1n) is 14.4. The van der Waals surface area contributed by atoms with E-state index in [9.17, 15) is 27.9 Å². The van der Waals surface area contributed by atoms with E-state index in [1.165, 1.54) is 19.1 Å². The Kier molecular flexibility index (Phi) is 11.7. The van der Waals surface area contributed by atoms with Gasteiger partial charge in [0.05, 0.1) is 18.0 Å². The Morgan fingerprint density at radius 1 is 1.07 bits per heavy atom. The van der Waals surface area contributed by atoms with Gasteiger partial charge >= 0.3 is 12.1 Å². The summed E-state index contributed by atoms with van der Waals surface area (Å²) < 4.78 is 74.1. The molecule has 0 radical (unpaired) electrons. The van der Waals surface area contributed by atoms with Gasteiger partial charge in [0.2, 0.25) is 5.91 Å². The van der Waals surface area contributed by atoms with Gasteiger partial charge in [-0.3, -0.25) is 9.59 Å². The second kappa shape index (κ2) is 14.6. The lowest BCUT2D eigenvalue weighted by molar-refractivity contribution is -0.138. The highest BCUT2D eigenvalue weighted by atomic mass is 32.1. The van der Waals surface area contributed by atoms with Crippen molar-refractivity contribution in [3.8, 4) is 11.1 Å². The van der Waals surface area contributed by atoms with Crippen LogP contribution in [0.2, 0.25) is 0 Å². The van der Waals surface area contributed by atoms with Crippen LogP contribution in [-0.4, -0.2) is 47.1 Å². The van der Waals surface area contributed by atoms with Crippen LogP contribution < -0.4 is 5.32 Å². The van der Waals surface area contributed by atoms with Gasteiger partial charge in [0.25, 0.3) is 0 Å². The third-order valence-corrected chi connectivity index (χ3v) is 7.88. The van der Waals surface area contributed by atoms with Crippen molar-refractivity contribution in [3.63, 3.8) is 0 Å². The number of alkyl halides is 3. The van der Waals surface area contributed by atoms with Crippen LogP contribution in [0.15, 0.2) is 42.6 Å². The molecule has 2 aromatic carbocycles. The Bertz CT molecular complexity index is 1620. The Morgan fingerprint density at radius 2 is 1.73 bits per heavy atom. The molecule has 2 N–H and O–H groups in total. The Labute approximate surface area is 264 Å². The summed E-state index contributed by atoms with van der Waals surface area (Å²) in [6, 6.07) is 4.27. The van der Waals surface area contributed by atoms with E-state index in [1.807, 2.05) is 39.8 Å². The van der Waals surface area contributed by atoms with Crippen molar-refractivity contribution in [3.05, 3.63) is 86.7 Å². The highest BCUT2D eigenvalue weighted by molar-refractivity contribution is 7.71. The predicted octanol–water partition coefficient (Wildman–Crippen LogP) is 7.82. The summed E-state index contributed by atoms with van der Waals surface area (Å²) in [5.41, 5.74) is -0.289. The zero-order chi connectivity index (χ0) is 33.8. The van der Waals surface area contributed by atoms with Gasteiger partial charge in [0.15, 0.2) is 11.6 Å². The molecule has 0 saturated heterocycles. The number of hydrogen-bond donors (Lipinski definition) is 2. The van der Waals surface area contributed by atoms with Gasteiger partial charge in [-0.05, 0) is 98.8 Å². The number of halogens is 5. The number of aromatic nitrogens is 1. The summed E-state index contributed by atoms with van der Waals surface area (Å²) in [5, 5.41) is 12.2. The Balaban J connectivity index is 2.14. The molecule has 12 heteroatoms. The van der Waals surface area contributed by atoms with Crippen molar-refractivity contribution >= 4 is 24.1 Å². The van der Waals surface area contributed by atoms with Crippen molar-refractivity contribution in [1.82, 2.24) is 14.8 Å². The van der Waals surface area contributed by atoms with E-state index in [0.29, 0.717) is 17.1 Å². The maximum Gasteiger partial charge on any atom is 0.417 e. The van der Waals surface area contributed by atoms with Crippen molar-refractivity contribution in [2.75, 3.05) is 20.6 Å². The standard InChI is InChI=1S/C33H38F5N3O3S/c1-18(2)12-27(41-17-21(10-11-40(5)6)20(4)13-28(41)45)32(44)39-26(16-29(42)43)23-14-22(15-25(34)31(23)35)30-19(3)8-7-9-24(30)33(36,37)38/h7-9,13-15,17-18,26-27H,10-12,16H2,1-6H3,(H,39,44)(H,42,43). The molecule has 1 aromatic heterocycles. The summed E-state index contributed by atoms with van der Waals surface area (Å²) in [4.78, 5) is 27.8. The number of pyridine rings is 1. The predicted molar refractivity (Wildman–Crippen MR) is 165 cm³/mol. The number of carbonyl (C=O) groups excluding carboxylic acids is 1. The van der Waals surface area contributed by atoms with Crippen LogP contribution >= 0.6 is 12.2 Å². The van der Waals surface area contributed by atoms with Crippen LogP contribution in [0.5, 0.6) is 0 Å². The molecule has 1 heterocycles. The van der Waals surface area contributed by atoms with Crippen molar-refractivity contribution in [2.45, 2.75) is 65.2 Å². The summed E-state index contributed by atoms with van der Waals surface area (Å²) in [5.74, 6) is -5.09. The number of hydrogen-bond acceptors (Lipinski definition) is 4. The molecule has 0 bridgehead atoms. The van der Waals surface area contributed by atoms with Crippen LogP contribution in [0.25, 0.3) is 11.1 Å². The third-order valence-electron chi connectivity index (χ3n) is 7.55. The molecule has 0 aliphatic rings. The van der Waals surface area contributed by atoms with E-state index < -0.39 is 59.3 Å². The number of benzene rings is 2. The van der Waals surface area contributed by atoms with Gasteiger partial charge in [-0.1, -0.05) is 38.2 Å². The van der Waals surface area contributed by atoms with Crippen molar-refractivity contribution in [1.29, 1.82) is 0 Å². The molecule has 2 unspecified atom stereocenters. The number of aliphatic carboxylic acids is 1. The number of rotatable bonds is 12. The highest BCUT2D eigenvalue weighted by Gasteiger charge is 2.35. The van der Waals surface area contributed by atoms with Gasteiger partial charge in [-0.15, -0.1) is 0 Å². The molecule has 0 saturated carbocycles. The van der Waals surface area contributed by atoms with E-state index in [1.54, 1.807) is 16.8 Å². The number of carboxylic acid groups (broad SMARTS) is 1. The average Bonchev–Trinajstić information content (AvgIpc) is 2.91. The Morgan fingerprint density at radius 3 is 2.31 bits per heavy atom. The number of carboxylic acids is 1. The lowest BCUT2D eigenvalue weighted by Gasteiger charge is -2.27. The lowest BCUT2D eigenvalue weighted by atomic mass is 9.91. The van der Waals surface area contributed by atoms with Gasteiger partial charge in [-0.2, -0.15) is 13.2 Å². The topological polar surface area (TPSA) is 74.6 Å². The average molecular weight is 652 g/mol. The molecule has 0 aliphatic carbocycles. The van der Waals surface area contributed by atoms with Gasteiger partial charge < -0.3 is 19.9 Å². The van der Waals surface area contributed by atoms with E-state index in [-0.39, 0.29) is 29.0 Å². The molecule has 2 atom stereocenters. The SMILES string of the molecule is Cc1cc(=S)n(C(CC(C)C)C(=O)NC(CC(=O)O)c2cc(-c3c(C)cccc3C(F)(F)F)cc(F)c2F)cc1CCN(C)C. The molecule has 0 spiro atoms. The zero-order valence-corrected chi connectivity index (χ0v) is 26.9. The first kappa shape index (κ1) is 35.8. The first-order chi connectivity index (χ1) is 20.9. The van der Waals surface area contributed by atoms with Crippen LogP contribution in [0.1, 0.15) is 66.6 Å². The van der Waals surface area contributed by atoms with Crippen molar-refractivity contribution < 1.29 is 36.6 Å². The molecule has 1 amide bonds. The summed E-state index contributed by atoms with van der Waals surface area (Å²) in [7, 11) is 3.87. The van der Waals surface area contributed by atoms with Crippen LogP contribution in [0, 0.1) is 36.0 Å². The van der Waals surface area contributed by atoms with Gasteiger partial charge in [-0.25, -0.2) is 8.78 Å². The summed E-state index contributed by atoms with van der Waals surface area (Å²) in [6.45, 7) is 7.82. The minimum absolute atomic E-state index is 0.0218. The summed E-state index contributed by atoms with van der Waals surface area (Å²) >= 11 is 5.60. The lowest BCUT2D eigenvalue weighted by Crippen LogP contribution is -2.37. The zero-order valence-electron chi connectivity index (χ0n) is 26.1.